The van der Waals surface area contributed by atoms with Crippen LogP contribution in [0, 0.1) is 0 Å². The summed E-state index contributed by atoms with van der Waals surface area (Å²) in [6.45, 7) is 0. The summed E-state index contributed by atoms with van der Waals surface area (Å²) >= 11 is 3.04. The Labute approximate surface area is 114 Å². The van der Waals surface area contributed by atoms with E-state index < -0.39 is 29.0 Å². The molecule has 1 aromatic carbocycles. The standard InChI is InChI=1S/C12H9BrF6/c13-7-2-1-4-8-9(11(14,15)16)5-3-6-10(8)12(17,18)19/h1,3-6H,2,7H2. The van der Waals surface area contributed by atoms with E-state index in [1.807, 2.05) is 0 Å². The zero-order chi connectivity index (χ0) is 14.7. The smallest absolute Gasteiger partial charge is 0.166 e. The van der Waals surface area contributed by atoms with Crippen LogP contribution in [0.5, 0.6) is 0 Å². The van der Waals surface area contributed by atoms with Crippen molar-refractivity contribution in [2.45, 2.75) is 18.8 Å². The normalized spacial score (nSPS) is 13.2. The Bertz CT molecular complexity index is 426. The van der Waals surface area contributed by atoms with Crippen molar-refractivity contribution in [1.82, 2.24) is 0 Å². The molecule has 0 unspecified atom stereocenters. The van der Waals surface area contributed by atoms with E-state index in [0.29, 0.717) is 23.9 Å². The monoisotopic (exact) mass is 346 g/mol. The van der Waals surface area contributed by atoms with Crippen LogP contribution in [-0.4, -0.2) is 5.33 Å². The molecule has 0 fully saturated rings. The highest BCUT2D eigenvalue weighted by Crippen LogP contribution is 2.39. The molecule has 0 spiro atoms. The average Bonchev–Trinajstić information content (AvgIpc) is 2.26. The molecule has 106 valence electrons. The maximum atomic E-state index is 12.7. The Hall–Kier alpha value is -0.980. The topological polar surface area (TPSA) is 0 Å². The minimum atomic E-state index is -4.82. The number of hydrogen-bond acceptors (Lipinski definition) is 0. The average molecular weight is 347 g/mol. The fraction of sp³-hybridized carbons (Fsp3) is 0.333. The molecule has 1 rings (SSSR count). The van der Waals surface area contributed by atoms with E-state index in [0.717, 1.165) is 12.1 Å². The Balaban J connectivity index is 3.41. The van der Waals surface area contributed by atoms with Gasteiger partial charge < -0.3 is 0 Å². The predicted molar refractivity (Wildman–Crippen MR) is 63.9 cm³/mol. The van der Waals surface area contributed by atoms with Crippen LogP contribution in [0.25, 0.3) is 6.08 Å². The Morgan fingerprint density at radius 1 is 0.947 bits per heavy atom. The third-order valence-corrected chi connectivity index (χ3v) is 2.74. The summed E-state index contributed by atoms with van der Waals surface area (Å²) in [5.74, 6) is 0. The second kappa shape index (κ2) is 5.98. The van der Waals surface area contributed by atoms with Gasteiger partial charge >= 0.3 is 12.4 Å². The fourth-order valence-corrected chi connectivity index (χ4v) is 1.77. The second-order valence-electron chi connectivity index (χ2n) is 3.64. The molecule has 0 saturated heterocycles. The first-order valence-electron chi connectivity index (χ1n) is 5.18. The molecule has 0 saturated carbocycles. The van der Waals surface area contributed by atoms with E-state index in [1.165, 1.54) is 6.08 Å². The van der Waals surface area contributed by atoms with Gasteiger partial charge in [0.25, 0.3) is 0 Å². The maximum absolute atomic E-state index is 12.7. The van der Waals surface area contributed by atoms with Crippen molar-refractivity contribution in [2.24, 2.45) is 0 Å². The predicted octanol–water partition coefficient (Wildman–Crippen LogP) is 5.52. The van der Waals surface area contributed by atoms with E-state index in [1.54, 1.807) is 0 Å². The molecule has 0 atom stereocenters. The zero-order valence-electron chi connectivity index (χ0n) is 9.45. The van der Waals surface area contributed by atoms with Crippen molar-refractivity contribution >= 4 is 22.0 Å². The van der Waals surface area contributed by atoms with E-state index in [-0.39, 0.29) is 0 Å². The largest absolute Gasteiger partial charge is 0.417 e. The van der Waals surface area contributed by atoms with Crippen LogP contribution < -0.4 is 0 Å². The second-order valence-corrected chi connectivity index (χ2v) is 4.44. The molecule has 0 bridgehead atoms. The lowest BCUT2D eigenvalue weighted by Gasteiger charge is -2.16. The molecule has 0 heterocycles. The van der Waals surface area contributed by atoms with Gasteiger partial charge in [0.1, 0.15) is 0 Å². The van der Waals surface area contributed by atoms with E-state index in [2.05, 4.69) is 15.9 Å². The molecular formula is C12H9BrF6. The summed E-state index contributed by atoms with van der Waals surface area (Å²) in [5, 5.41) is 0.457. The van der Waals surface area contributed by atoms with Crippen LogP contribution >= 0.6 is 15.9 Å². The van der Waals surface area contributed by atoms with Gasteiger partial charge in [0.2, 0.25) is 0 Å². The first-order chi connectivity index (χ1) is 8.68. The van der Waals surface area contributed by atoms with Gasteiger partial charge in [-0.1, -0.05) is 34.1 Å². The molecular weight excluding hydrogens is 338 g/mol. The van der Waals surface area contributed by atoms with Gasteiger partial charge in [-0.05, 0) is 24.1 Å². The van der Waals surface area contributed by atoms with Crippen molar-refractivity contribution < 1.29 is 26.3 Å². The van der Waals surface area contributed by atoms with Gasteiger partial charge in [-0.25, -0.2) is 0 Å². The number of benzene rings is 1. The van der Waals surface area contributed by atoms with Gasteiger partial charge in [0.05, 0.1) is 11.1 Å². The van der Waals surface area contributed by atoms with E-state index in [4.69, 9.17) is 0 Å². The Morgan fingerprint density at radius 2 is 1.42 bits per heavy atom. The summed E-state index contributed by atoms with van der Waals surface area (Å²) in [5.41, 5.74) is -3.41. The van der Waals surface area contributed by atoms with Crippen LogP contribution in [0.2, 0.25) is 0 Å². The lowest BCUT2D eigenvalue weighted by Crippen LogP contribution is -2.14. The van der Waals surface area contributed by atoms with Crippen molar-refractivity contribution in [1.29, 1.82) is 0 Å². The van der Waals surface area contributed by atoms with Gasteiger partial charge in [0, 0.05) is 5.33 Å². The molecule has 0 aliphatic rings. The molecule has 1 aromatic rings. The molecule has 0 N–H and O–H groups in total. The summed E-state index contributed by atoms with van der Waals surface area (Å²) in [7, 11) is 0. The van der Waals surface area contributed by atoms with Crippen molar-refractivity contribution in [3.8, 4) is 0 Å². The molecule has 0 radical (unpaired) electrons. The van der Waals surface area contributed by atoms with E-state index in [9.17, 15) is 26.3 Å². The lowest BCUT2D eigenvalue weighted by atomic mass is 9.99. The van der Waals surface area contributed by atoms with E-state index >= 15 is 0 Å². The van der Waals surface area contributed by atoms with Crippen LogP contribution in [0.1, 0.15) is 23.1 Å². The van der Waals surface area contributed by atoms with Gasteiger partial charge in [-0.3, -0.25) is 0 Å². The van der Waals surface area contributed by atoms with Crippen LogP contribution in [0.3, 0.4) is 0 Å². The highest BCUT2D eigenvalue weighted by Gasteiger charge is 2.39. The minimum Gasteiger partial charge on any atom is -0.166 e. The third-order valence-electron chi connectivity index (χ3n) is 2.28. The van der Waals surface area contributed by atoms with Crippen LogP contribution in [0.15, 0.2) is 24.3 Å². The highest BCUT2D eigenvalue weighted by molar-refractivity contribution is 9.09. The van der Waals surface area contributed by atoms with Crippen molar-refractivity contribution in [2.75, 3.05) is 5.33 Å². The van der Waals surface area contributed by atoms with Gasteiger partial charge in [-0.15, -0.1) is 0 Å². The quantitative estimate of drug-likeness (QED) is 0.499. The molecule has 0 nitrogen and oxygen atoms in total. The molecule has 0 aromatic heterocycles. The first kappa shape index (κ1) is 16.1. The zero-order valence-corrected chi connectivity index (χ0v) is 11.0. The molecule has 19 heavy (non-hydrogen) atoms. The number of hydrogen-bond donors (Lipinski definition) is 0. The molecule has 0 aliphatic carbocycles. The number of rotatable bonds is 3. The number of alkyl halides is 7. The molecule has 7 heteroatoms. The maximum Gasteiger partial charge on any atom is 0.417 e. The molecule has 0 amide bonds. The fourth-order valence-electron chi connectivity index (χ4n) is 1.50. The Morgan fingerprint density at radius 3 is 1.79 bits per heavy atom. The van der Waals surface area contributed by atoms with Gasteiger partial charge in [-0.2, -0.15) is 26.3 Å². The van der Waals surface area contributed by atoms with Crippen molar-refractivity contribution in [3.05, 3.63) is 41.0 Å². The SMILES string of the molecule is FC(F)(F)c1cccc(C(F)(F)F)c1C=CCCBr. The highest BCUT2D eigenvalue weighted by atomic mass is 79.9. The lowest BCUT2D eigenvalue weighted by molar-refractivity contribution is -0.143. The summed E-state index contributed by atoms with van der Waals surface area (Å²) < 4.78 is 76.3. The summed E-state index contributed by atoms with van der Waals surface area (Å²) in [4.78, 5) is 0. The molecule has 0 aliphatic heterocycles. The van der Waals surface area contributed by atoms with Crippen LogP contribution in [-0.2, 0) is 12.4 Å². The number of allylic oxidation sites excluding steroid dienone is 1. The third kappa shape index (κ3) is 4.26. The summed E-state index contributed by atoms with van der Waals surface area (Å²) in [6.07, 6.45) is -7.17. The number of halogens is 7. The van der Waals surface area contributed by atoms with Crippen LogP contribution in [0.4, 0.5) is 26.3 Å². The van der Waals surface area contributed by atoms with Crippen molar-refractivity contribution in [3.63, 3.8) is 0 Å². The minimum absolute atomic E-state index is 0.337. The first-order valence-corrected chi connectivity index (χ1v) is 6.30. The Kier molecular flexibility index (Phi) is 5.06. The summed E-state index contributed by atoms with van der Waals surface area (Å²) in [6, 6.07) is 2.04. The van der Waals surface area contributed by atoms with Gasteiger partial charge in [0.15, 0.2) is 0 Å².